The van der Waals surface area contributed by atoms with Gasteiger partial charge in [0, 0.05) is 28.2 Å². The van der Waals surface area contributed by atoms with Crippen molar-refractivity contribution in [2.45, 2.75) is 19.3 Å². The fraction of sp³-hybridized carbons (Fsp3) is 0.130. The van der Waals surface area contributed by atoms with Crippen molar-refractivity contribution in [1.29, 1.82) is 0 Å². The molecule has 0 aromatic heterocycles. The molecule has 3 rings (SSSR count). The zero-order valence-electron chi connectivity index (χ0n) is 14.9. The summed E-state index contributed by atoms with van der Waals surface area (Å²) in [6.45, 7) is 2.04. The Morgan fingerprint density at radius 2 is 1.37 bits per heavy atom. The first-order chi connectivity index (χ1) is 13.1. The van der Waals surface area contributed by atoms with E-state index in [0.717, 1.165) is 17.5 Å². The van der Waals surface area contributed by atoms with Crippen LogP contribution >= 0.6 is 0 Å². The molecule has 0 aliphatic carbocycles. The Morgan fingerprint density at radius 3 is 1.85 bits per heavy atom. The van der Waals surface area contributed by atoms with E-state index in [1.54, 1.807) is 12.1 Å². The van der Waals surface area contributed by atoms with Crippen LogP contribution in [-0.4, -0.2) is 22.8 Å². The molecule has 0 spiro atoms. The average molecular weight is 360 g/mol. The summed E-state index contributed by atoms with van der Waals surface area (Å²) in [6, 6.07) is 17.1. The van der Waals surface area contributed by atoms with Crippen molar-refractivity contribution in [2.24, 2.45) is 0 Å². The first kappa shape index (κ1) is 18.4. The Balaban J connectivity index is 2.30. The van der Waals surface area contributed by atoms with Crippen molar-refractivity contribution in [1.82, 2.24) is 0 Å². The molecular weight excluding hydrogens is 340 g/mol. The zero-order chi connectivity index (χ0) is 19.4. The highest BCUT2D eigenvalue weighted by molar-refractivity contribution is 5.77. The van der Waals surface area contributed by atoms with E-state index < -0.39 is 5.92 Å². The maximum absolute atomic E-state index is 11.3. The highest BCUT2D eigenvalue weighted by atomic mass is 16.3. The van der Waals surface area contributed by atoms with Crippen molar-refractivity contribution < 1.29 is 19.8 Å². The van der Waals surface area contributed by atoms with Gasteiger partial charge in [-0.15, -0.1) is 0 Å². The van der Waals surface area contributed by atoms with E-state index in [1.807, 2.05) is 31.2 Å². The van der Waals surface area contributed by atoms with E-state index in [2.05, 4.69) is 0 Å². The molecule has 4 nitrogen and oxygen atoms in total. The number of aryl methyl sites for hydroxylation is 1. The van der Waals surface area contributed by atoms with Crippen molar-refractivity contribution in [3.63, 3.8) is 0 Å². The van der Waals surface area contributed by atoms with Crippen LogP contribution in [-0.2, 0) is 6.42 Å². The summed E-state index contributed by atoms with van der Waals surface area (Å²) >= 11 is 0. The molecule has 0 saturated heterocycles. The lowest BCUT2D eigenvalue weighted by molar-refractivity contribution is 0.111. The van der Waals surface area contributed by atoms with Crippen LogP contribution in [0.3, 0.4) is 0 Å². The molecule has 0 bridgehead atoms. The molecule has 0 radical (unpaired) electrons. The van der Waals surface area contributed by atoms with Crippen LogP contribution < -0.4 is 0 Å². The van der Waals surface area contributed by atoms with Gasteiger partial charge in [-0.1, -0.05) is 31.2 Å². The third kappa shape index (κ3) is 3.75. The molecule has 0 atom stereocenters. The maximum Gasteiger partial charge on any atom is 0.150 e. The minimum Gasteiger partial charge on any atom is -0.508 e. The van der Waals surface area contributed by atoms with E-state index >= 15 is 0 Å². The van der Waals surface area contributed by atoms with Gasteiger partial charge in [-0.2, -0.15) is 0 Å². The lowest BCUT2D eigenvalue weighted by Crippen LogP contribution is -2.06. The van der Waals surface area contributed by atoms with Crippen molar-refractivity contribution in [3.8, 4) is 11.5 Å². The summed E-state index contributed by atoms with van der Waals surface area (Å²) in [4.78, 5) is 22.5. The molecular formula is C23H20O4. The van der Waals surface area contributed by atoms with E-state index in [0.29, 0.717) is 34.8 Å². The molecule has 27 heavy (non-hydrogen) atoms. The zero-order valence-corrected chi connectivity index (χ0v) is 14.9. The summed E-state index contributed by atoms with van der Waals surface area (Å²) < 4.78 is 0. The topological polar surface area (TPSA) is 74.6 Å². The monoisotopic (exact) mass is 360 g/mol. The van der Waals surface area contributed by atoms with E-state index in [-0.39, 0.29) is 11.5 Å². The smallest absolute Gasteiger partial charge is 0.150 e. The number of benzene rings is 3. The van der Waals surface area contributed by atoms with E-state index in [4.69, 9.17) is 0 Å². The van der Waals surface area contributed by atoms with E-state index in [1.165, 1.54) is 24.3 Å². The van der Waals surface area contributed by atoms with Gasteiger partial charge in [0.1, 0.15) is 24.1 Å². The molecule has 4 heteroatoms. The van der Waals surface area contributed by atoms with Crippen LogP contribution in [0, 0.1) is 0 Å². The van der Waals surface area contributed by atoms with Gasteiger partial charge in [0.15, 0.2) is 0 Å². The van der Waals surface area contributed by atoms with Gasteiger partial charge < -0.3 is 10.2 Å². The summed E-state index contributed by atoms with van der Waals surface area (Å²) in [5.41, 5.74) is 3.79. The van der Waals surface area contributed by atoms with Gasteiger partial charge in [-0.25, -0.2) is 0 Å². The fourth-order valence-electron chi connectivity index (χ4n) is 3.27. The minimum absolute atomic E-state index is 0.0170. The quantitative estimate of drug-likeness (QED) is 0.502. The van der Waals surface area contributed by atoms with Gasteiger partial charge in [0.05, 0.1) is 0 Å². The Morgan fingerprint density at radius 1 is 0.815 bits per heavy atom. The van der Waals surface area contributed by atoms with E-state index in [9.17, 15) is 19.8 Å². The number of aldehydes is 2. The molecule has 3 aromatic rings. The van der Waals surface area contributed by atoms with Gasteiger partial charge in [-0.3, -0.25) is 9.59 Å². The second kappa shape index (κ2) is 7.87. The predicted octanol–water partition coefficient (Wildman–Crippen LogP) is 4.47. The number of carbonyl (C=O) groups excluding carboxylic acids is 2. The maximum atomic E-state index is 11.3. The van der Waals surface area contributed by atoms with Crippen molar-refractivity contribution >= 4 is 12.6 Å². The molecule has 0 aliphatic rings. The molecule has 0 aliphatic heterocycles. The minimum atomic E-state index is -0.531. The number of hydrogen-bond acceptors (Lipinski definition) is 4. The normalized spacial score (nSPS) is 10.7. The Bertz CT molecular complexity index is 934. The van der Waals surface area contributed by atoms with Crippen LogP contribution in [0.2, 0.25) is 0 Å². The number of phenols is 2. The second-order valence-corrected chi connectivity index (χ2v) is 6.40. The highest BCUT2D eigenvalue weighted by Crippen LogP contribution is 2.41. The van der Waals surface area contributed by atoms with Gasteiger partial charge in [-0.05, 0) is 53.9 Å². The summed E-state index contributed by atoms with van der Waals surface area (Å²) in [5.74, 6) is -0.497. The fourth-order valence-corrected chi connectivity index (χ4v) is 3.27. The largest absolute Gasteiger partial charge is 0.508 e. The van der Waals surface area contributed by atoms with Gasteiger partial charge >= 0.3 is 0 Å². The molecule has 136 valence electrons. The standard InChI is InChI=1S/C23H20O4/c1-2-15-4-3-5-18(10-15)23(19-11-16(13-24)6-8-21(19)26)20-12-17(14-25)7-9-22(20)27/h3-14,23,26-27H,2H2,1H3. The Kier molecular flexibility index (Phi) is 5.36. The van der Waals surface area contributed by atoms with Crippen LogP contribution in [0.25, 0.3) is 0 Å². The Labute approximate surface area is 157 Å². The van der Waals surface area contributed by atoms with Crippen molar-refractivity contribution in [3.05, 3.63) is 94.0 Å². The van der Waals surface area contributed by atoms with Crippen LogP contribution in [0.4, 0.5) is 0 Å². The molecule has 0 amide bonds. The number of hydrogen-bond donors (Lipinski definition) is 2. The second-order valence-electron chi connectivity index (χ2n) is 6.40. The molecule has 0 fully saturated rings. The highest BCUT2D eigenvalue weighted by Gasteiger charge is 2.24. The Hall–Kier alpha value is -3.40. The van der Waals surface area contributed by atoms with Gasteiger partial charge in [0.2, 0.25) is 0 Å². The molecule has 2 N–H and O–H groups in total. The molecule has 0 heterocycles. The first-order valence-corrected chi connectivity index (χ1v) is 8.72. The third-order valence-corrected chi connectivity index (χ3v) is 4.69. The number of rotatable bonds is 6. The molecule has 3 aromatic carbocycles. The summed E-state index contributed by atoms with van der Waals surface area (Å²) in [5, 5.41) is 21.0. The molecule has 0 saturated carbocycles. The first-order valence-electron chi connectivity index (χ1n) is 8.72. The number of aromatic hydroxyl groups is 2. The summed E-state index contributed by atoms with van der Waals surface area (Å²) in [7, 11) is 0. The van der Waals surface area contributed by atoms with Crippen LogP contribution in [0.15, 0.2) is 60.7 Å². The lowest BCUT2D eigenvalue weighted by Gasteiger charge is -2.22. The van der Waals surface area contributed by atoms with Crippen LogP contribution in [0.1, 0.15) is 55.8 Å². The summed E-state index contributed by atoms with van der Waals surface area (Å²) in [6.07, 6.45) is 2.26. The average Bonchev–Trinajstić information content (AvgIpc) is 2.71. The molecule has 0 unspecified atom stereocenters. The predicted molar refractivity (Wildman–Crippen MR) is 104 cm³/mol. The SMILES string of the molecule is CCc1cccc(C(c2cc(C=O)ccc2O)c2cc(C=O)ccc2O)c1. The van der Waals surface area contributed by atoms with Crippen LogP contribution in [0.5, 0.6) is 11.5 Å². The van der Waals surface area contributed by atoms with Gasteiger partial charge in [0.25, 0.3) is 0 Å². The number of carbonyl (C=O) groups is 2. The lowest BCUT2D eigenvalue weighted by atomic mass is 9.82. The van der Waals surface area contributed by atoms with Crippen molar-refractivity contribution in [2.75, 3.05) is 0 Å². The third-order valence-electron chi connectivity index (χ3n) is 4.69. The number of phenolic OH excluding ortho intramolecular Hbond substituents is 2.